The number of aliphatic carboxylic acids is 1. The number of benzene rings is 2. The molecule has 2 aromatic carbocycles. The third-order valence-electron chi connectivity index (χ3n) is 7.38. The maximum atomic E-state index is 12.6. The Kier molecular flexibility index (Phi) is 8.06. The number of nitrogens with one attached hydrogen (secondary N) is 2. The Morgan fingerprint density at radius 2 is 1.63 bits per heavy atom. The van der Waals surface area contributed by atoms with Crippen molar-refractivity contribution in [1.29, 1.82) is 0 Å². The number of alkyl carbamates (subject to hydrolysis) is 1. The molecule has 1 unspecified atom stereocenters. The molecule has 2 amide bonds. The number of rotatable bonds is 9. The fraction of sp³-hybridized carbons (Fsp3) is 0.464. The third-order valence-corrected chi connectivity index (χ3v) is 7.38. The molecular weight excluding hydrogens is 444 g/mol. The van der Waals surface area contributed by atoms with Crippen LogP contribution in [0.4, 0.5) is 4.79 Å². The van der Waals surface area contributed by atoms with Crippen molar-refractivity contribution >= 4 is 18.0 Å². The predicted molar refractivity (Wildman–Crippen MR) is 133 cm³/mol. The summed E-state index contributed by atoms with van der Waals surface area (Å²) in [6.45, 7) is 2.49. The standard InChI is InChI=1S/C28H34N2O5/c1-2-19(15-26(31)29-16-18-9-3-4-10-20(18)27(32)33)30-28(34)35-17-25-23-13-7-5-11-21(23)22-12-6-8-14-24(22)25/h5-8,11-14,18-20,25H,2-4,9-10,15-17H2,1H3,(H,29,31)(H,30,34)(H,32,33)/t18-,19?,20-/m1/s1. The molecular formula is C28H34N2O5. The van der Waals surface area contributed by atoms with E-state index in [2.05, 4.69) is 34.9 Å². The van der Waals surface area contributed by atoms with E-state index in [-0.39, 0.29) is 36.8 Å². The van der Waals surface area contributed by atoms with Crippen LogP contribution in [0.25, 0.3) is 11.1 Å². The van der Waals surface area contributed by atoms with Gasteiger partial charge in [-0.15, -0.1) is 0 Å². The van der Waals surface area contributed by atoms with Gasteiger partial charge in [-0.3, -0.25) is 9.59 Å². The van der Waals surface area contributed by atoms with E-state index < -0.39 is 18.0 Å². The summed E-state index contributed by atoms with van der Waals surface area (Å²) in [6, 6.07) is 16.0. The van der Waals surface area contributed by atoms with Gasteiger partial charge in [0.25, 0.3) is 0 Å². The predicted octanol–water partition coefficient (Wildman–Crippen LogP) is 4.70. The van der Waals surface area contributed by atoms with Crippen molar-refractivity contribution in [3.8, 4) is 11.1 Å². The molecule has 1 fully saturated rings. The maximum absolute atomic E-state index is 12.6. The second-order valence-electron chi connectivity index (χ2n) is 9.57. The maximum Gasteiger partial charge on any atom is 0.407 e. The molecule has 0 saturated heterocycles. The fourth-order valence-corrected chi connectivity index (χ4v) is 5.42. The molecule has 7 heteroatoms. The van der Waals surface area contributed by atoms with Crippen molar-refractivity contribution in [3.05, 3.63) is 59.7 Å². The summed E-state index contributed by atoms with van der Waals surface area (Å²) < 4.78 is 5.60. The van der Waals surface area contributed by atoms with Gasteiger partial charge < -0.3 is 20.5 Å². The largest absolute Gasteiger partial charge is 0.481 e. The van der Waals surface area contributed by atoms with Gasteiger partial charge in [0.15, 0.2) is 0 Å². The van der Waals surface area contributed by atoms with Crippen LogP contribution in [0.3, 0.4) is 0 Å². The first-order valence-electron chi connectivity index (χ1n) is 12.6. The molecule has 0 aliphatic heterocycles. The quantitative estimate of drug-likeness (QED) is 0.485. The number of ether oxygens (including phenoxy) is 1. The lowest BCUT2D eigenvalue weighted by Gasteiger charge is -2.28. The Bertz CT molecular complexity index is 1020. The average molecular weight is 479 g/mol. The van der Waals surface area contributed by atoms with E-state index in [0.29, 0.717) is 19.4 Å². The molecule has 0 radical (unpaired) electrons. The fourth-order valence-electron chi connectivity index (χ4n) is 5.42. The lowest BCUT2D eigenvalue weighted by molar-refractivity contribution is -0.145. The molecule has 7 nitrogen and oxygen atoms in total. The van der Waals surface area contributed by atoms with Gasteiger partial charge in [0.1, 0.15) is 6.61 Å². The van der Waals surface area contributed by atoms with Crippen LogP contribution in [-0.2, 0) is 14.3 Å². The number of carbonyl (C=O) groups excluding carboxylic acids is 2. The van der Waals surface area contributed by atoms with Gasteiger partial charge in [0, 0.05) is 24.9 Å². The molecule has 4 rings (SSSR count). The van der Waals surface area contributed by atoms with Crippen molar-refractivity contribution < 1.29 is 24.2 Å². The van der Waals surface area contributed by atoms with Gasteiger partial charge in [0.2, 0.25) is 5.91 Å². The number of carboxylic acid groups (broad SMARTS) is 1. The summed E-state index contributed by atoms with van der Waals surface area (Å²) in [5.74, 6) is -1.43. The first kappa shape index (κ1) is 24.8. The van der Waals surface area contributed by atoms with Crippen molar-refractivity contribution in [2.24, 2.45) is 11.8 Å². The van der Waals surface area contributed by atoms with Crippen LogP contribution in [0.1, 0.15) is 62.5 Å². The zero-order valence-electron chi connectivity index (χ0n) is 20.2. The second kappa shape index (κ2) is 11.4. The molecule has 186 valence electrons. The Hall–Kier alpha value is -3.35. The molecule has 1 saturated carbocycles. The topological polar surface area (TPSA) is 105 Å². The van der Waals surface area contributed by atoms with E-state index in [1.54, 1.807) is 0 Å². The van der Waals surface area contributed by atoms with Crippen molar-refractivity contribution in [2.75, 3.05) is 13.2 Å². The lowest BCUT2D eigenvalue weighted by atomic mass is 9.79. The number of fused-ring (bicyclic) bond motifs is 3. The molecule has 3 N–H and O–H groups in total. The van der Waals surface area contributed by atoms with Crippen molar-refractivity contribution in [2.45, 2.75) is 57.4 Å². The zero-order valence-corrected chi connectivity index (χ0v) is 20.2. The lowest BCUT2D eigenvalue weighted by Crippen LogP contribution is -2.42. The highest BCUT2D eigenvalue weighted by molar-refractivity contribution is 5.79. The minimum atomic E-state index is -0.785. The second-order valence-corrected chi connectivity index (χ2v) is 9.57. The highest BCUT2D eigenvalue weighted by Gasteiger charge is 2.31. The number of hydrogen-bond donors (Lipinski definition) is 3. The van der Waals surface area contributed by atoms with Gasteiger partial charge in [-0.05, 0) is 47.4 Å². The normalized spacial score (nSPS) is 19.8. The van der Waals surface area contributed by atoms with Gasteiger partial charge in [-0.1, -0.05) is 68.3 Å². The Labute approximate surface area is 206 Å². The first-order valence-corrected chi connectivity index (χ1v) is 12.6. The van der Waals surface area contributed by atoms with E-state index in [1.165, 1.54) is 11.1 Å². The highest BCUT2D eigenvalue weighted by atomic mass is 16.5. The Morgan fingerprint density at radius 3 is 2.26 bits per heavy atom. The summed E-state index contributed by atoms with van der Waals surface area (Å²) in [5.41, 5.74) is 4.64. The van der Waals surface area contributed by atoms with Gasteiger partial charge in [-0.25, -0.2) is 4.79 Å². The number of amides is 2. The van der Waals surface area contributed by atoms with Crippen molar-refractivity contribution in [1.82, 2.24) is 10.6 Å². The first-order chi connectivity index (χ1) is 17.0. The molecule has 2 aliphatic rings. The monoisotopic (exact) mass is 478 g/mol. The zero-order chi connectivity index (χ0) is 24.8. The van der Waals surface area contributed by atoms with Crippen LogP contribution < -0.4 is 10.6 Å². The average Bonchev–Trinajstić information content (AvgIpc) is 3.19. The molecule has 0 spiro atoms. The molecule has 0 aromatic heterocycles. The molecule has 0 heterocycles. The van der Waals surface area contributed by atoms with Crippen LogP contribution in [0.15, 0.2) is 48.5 Å². The van der Waals surface area contributed by atoms with Gasteiger partial charge in [-0.2, -0.15) is 0 Å². The van der Waals surface area contributed by atoms with E-state index in [0.717, 1.165) is 30.4 Å². The highest BCUT2D eigenvalue weighted by Crippen LogP contribution is 2.44. The molecule has 3 atom stereocenters. The van der Waals surface area contributed by atoms with Gasteiger partial charge in [0.05, 0.1) is 5.92 Å². The van der Waals surface area contributed by atoms with Crippen LogP contribution in [-0.4, -0.2) is 42.3 Å². The Morgan fingerprint density at radius 1 is 1.00 bits per heavy atom. The minimum absolute atomic E-state index is 0.0193. The van der Waals surface area contributed by atoms with Crippen LogP contribution >= 0.6 is 0 Å². The molecule has 2 aromatic rings. The smallest absolute Gasteiger partial charge is 0.407 e. The van der Waals surface area contributed by atoms with Crippen LogP contribution in [0.5, 0.6) is 0 Å². The van der Waals surface area contributed by atoms with E-state index in [4.69, 9.17) is 4.74 Å². The summed E-state index contributed by atoms with van der Waals surface area (Å²) in [4.78, 5) is 36.5. The summed E-state index contributed by atoms with van der Waals surface area (Å²) >= 11 is 0. The van der Waals surface area contributed by atoms with Crippen LogP contribution in [0, 0.1) is 11.8 Å². The molecule has 2 aliphatic carbocycles. The van der Waals surface area contributed by atoms with Crippen LogP contribution in [0.2, 0.25) is 0 Å². The van der Waals surface area contributed by atoms with E-state index in [9.17, 15) is 19.5 Å². The van der Waals surface area contributed by atoms with Gasteiger partial charge >= 0.3 is 12.1 Å². The summed E-state index contributed by atoms with van der Waals surface area (Å²) in [5, 5.41) is 15.1. The SMILES string of the molecule is CCC(CC(=O)NC[C@H]1CCCC[C@H]1C(=O)O)NC(=O)OCC1c2ccccc2-c2ccccc21. The number of carboxylic acids is 1. The van der Waals surface area contributed by atoms with Crippen molar-refractivity contribution in [3.63, 3.8) is 0 Å². The Balaban J connectivity index is 1.27. The minimum Gasteiger partial charge on any atom is -0.481 e. The summed E-state index contributed by atoms with van der Waals surface area (Å²) in [7, 11) is 0. The number of hydrogen-bond acceptors (Lipinski definition) is 4. The van der Waals surface area contributed by atoms with E-state index >= 15 is 0 Å². The molecule has 0 bridgehead atoms. The molecule has 35 heavy (non-hydrogen) atoms. The summed E-state index contributed by atoms with van der Waals surface area (Å²) in [6.07, 6.45) is 3.56. The third kappa shape index (κ3) is 5.84. The van der Waals surface area contributed by atoms with E-state index in [1.807, 2.05) is 31.2 Å². The number of carbonyl (C=O) groups is 3.